The molecule has 3 N–H and O–H groups in total. The summed E-state index contributed by atoms with van der Waals surface area (Å²) in [5.74, 6) is 0.877. The van der Waals surface area contributed by atoms with Crippen molar-refractivity contribution in [3.8, 4) is 0 Å². The van der Waals surface area contributed by atoms with Crippen LogP contribution in [0.1, 0.15) is 30.9 Å². The molecule has 0 aliphatic carbocycles. The Kier molecular flexibility index (Phi) is 3.75. The molecule has 0 saturated carbocycles. The Hall–Kier alpha value is -1.71. The van der Waals surface area contributed by atoms with Gasteiger partial charge in [0.25, 0.3) is 0 Å². The Balaban J connectivity index is 2.38. The summed E-state index contributed by atoms with van der Waals surface area (Å²) in [5.41, 5.74) is 8.85. The third-order valence-electron chi connectivity index (χ3n) is 3.53. The molecule has 0 bridgehead atoms. The molecule has 1 aliphatic heterocycles. The number of oxime groups is 1. The van der Waals surface area contributed by atoms with Crippen LogP contribution in [-0.2, 0) is 0 Å². The lowest BCUT2D eigenvalue weighted by molar-refractivity contribution is 0.318. The van der Waals surface area contributed by atoms with Crippen LogP contribution in [0.4, 0.5) is 5.69 Å². The van der Waals surface area contributed by atoms with Gasteiger partial charge in [-0.2, -0.15) is 0 Å². The molecular weight excluding hydrogens is 226 g/mol. The number of benzene rings is 1. The maximum atomic E-state index is 8.88. The van der Waals surface area contributed by atoms with Crippen molar-refractivity contribution in [2.75, 3.05) is 18.0 Å². The standard InChI is InChI=1S/C14H21N3O/c1-10-5-6-12(14(15)16-18)13(8-10)17-7-3-4-11(2)9-17/h5-6,8,11,18H,3-4,7,9H2,1-2H3,(H2,15,16). The number of amidine groups is 1. The van der Waals surface area contributed by atoms with Crippen molar-refractivity contribution < 1.29 is 5.21 Å². The van der Waals surface area contributed by atoms with Gasteiger partial charge >= 0.3 is 0 Å². The third-order valence-corrected chi connectivity index (χ3v) is 3.53. The van der Waals surface area contributed by atoms with Gasteiger partial charge in [0.15, 0.2) is 5.84 Å². The van der Waals surface area contributed by atoms with E-state index in [-0.39, 0.29) is 5.84 Å². The first-order valence-electron chi connectivity index (χ1n) is 6.45. The van der Waals surface area contributed by atoms with Crippen LogP contribution in [0.25, 0.3) is 0 Å². The minimum Gasteiger partial charge on any atom is -0.409 e. The van der Waals surface area contributed by atoms with Crippen LogP contribution in [0.5, 0.6) is 0 Å². The molecule has 1 aromatic carbocycles. The number of hydrogen-bond donors (Lipinski definition) is 2. The van der Waals surface area contributed by atoms with Crippen LogP contribution in [0.2, 0.25) is 0 Å². The molecule has 0 radical (unpaired) electrons. The summed E-state index contributed by atoms with van der Waals surface area (Å²) < 4.78 is 0. The SMILES string of the molecule is Cc1ccc(C(N)=NO)c(N2CCCC(C)C2)c1. The van der Waals surface area contributed by atoms with Gasteiger partial charge in [0, 0.05) is 24.3 Å². The van der Waals surface area contributed by atoms with Crippen LogP contribution in [0.3, 0.4) is 0 Å². The largest absolute Gasteiger partial charge is 0.409 e. The van der Waals surface area contributed by atoms with Crippen LogP contribution >= 0.6 is 0 Å². The number of rotatable bonds is 2. The van der Waals surface area contributed by atoms with Crippen molar-refractivity contribution in [1.29, 1.82) is 0 Å². The molecule has 1 unspecified atom stereocenters. The van der Waals surface area contributed by atoms with Crippen LogP contribution < -0.4 is 10.6 Å². The average Bonchev–Trinajstić information content (AvgIpc) is 2.38. The number of aryl methyl sites for hydroxylation is 1. The monoisotopic (exact) mass is 247 g/mol. The summed E-state index contributed by atoms with van der Waals surface area (Å²) in [6, 6.07) is 6.04. The predicted molar refractivity (Wildman–Crippen MR) is 74.3 cm³/mol. The number of nitrogens with zero attached hydrogens (tertiary/aromatic N) is 2. The molecular formula is C14H21N3O. The highest BCUT2D eigenvalue weighted by atomic mass is 16.4. The molecule has 1 fully saturated rings. The normalized spacial score (nSPS) is 21.1. The van der Waals surface area contributed by atoms with Crippen molar-refractivity contribution in [1.82, 2.24) is 0 Å². The smallest absolute Gasteiger partial charge is 0.172 e. The van der Waals surface area contributed by atoms with E-state index in [9.17, 15) is 0 Å². The molecule has 2 rings (SSSR count). The van der Waals surface area contributed by atoms with E-state index in [0.717, 1.165) is 24.3 Å². The molecule has 1 aromatic rings. The van der Waals surface area contributed by atoms with E-state index in [0.29, 0.717) is 5.92 Å². The lowest BCUT2D eigenvalue weighted by atomic mass is 9.98. The molecule has 1 saturated heterocycles. The fourth-order valence-corrected chi connectivity index (χ4v) is 2.58. The highest BCUT2D eigenvalue weighted by Gasteiger charge is 2.20. The second-order valence-corrected chi connectivity index (χ2v) is 5.20. The van der Waals surface area contributed by atoms with E-state index < -0.39 is 0 Å². The van der Waals surface area contributed by atoms with Crippen LogP contribution in [0, 0.1) is 12.8 Å². The number of anilines is 1. The Morgan fingerprint density at radius 3 is 2.94 bits per heavy atom. The molecule has 4 heteroatoms. The van der Waals surface area contributed by atoms with E-state index in [4.69, 9.17) is 10.9 Å². The second kappa shape index (κ2) is 5.29. The first-order valence-corrected chi connectivity index (χ1v) is 6.45. The quantitative estimate of drug-likeness (QED) is 0.365. The van der Waals surface area contributed by atoms with Crippen LogP contribution in [-0.4, -0.2) is 24.1 Å². The van der Waals surface area contributed by atoms with Crippen molar-refractivity contribution >= 4 is 11.5 Å². The topological polar surface area (TPSA) is 61.9 Å². The Bertz CT molecular complexity index is 456. The molecule has 4 nitrogen and oxygen atoms in total. The minimum absolute atomic E-state index is 0.184. The molecule has 1 atom stereocenters. The van der Waals surface area contributed by atoms with Gasteiger partial charge in [0.2, 0.25) is 0 Å². The van der Waals surface area contributed by atoms with E-state index in [1.165, 1.54) is 18.4 Å². The first-order chi connectivity index (χ1) is 8.61. The van der Waals surface area contributed by atoms with Crippen LogP contribution in [0.15, 0.2) is 23.4 Å². The summed E-state index contributed by atoms with van der Waals surface area (Å²) in [6.45, 7) is 6.41. The number of hydrogen-bond acceptors (Lipinski definition) is 3. The fourth-order valence-electron chi connectivity index (χ4n) is 2.58. The Morgan fingerprint density at radius 1 is 1.50 bits per heavy atom. The molecule has 1 heterocycles. The maximum absolute atomic E-state index is 8.88. The lowest BCUT2D eigenvalue weighted by Gasteiger charge is -2.34. The van der Waals surface area contributed by atoms with Gasteiger partial charge in [-0.05, 0) is 43.4 Å². The Labute approximate surface area is 108 Å². The maximum Gasteiger partial charge on any atom is 0.172 e. The molecule has 18 heavy (non-hydrogen) atoms. The second-order valence-electron chi connectivity index (χ2n) is 5.20. The van der Waals surface area contributed by atoms with E-state index in [2.05, 4.69) is 30.0 Å². The van der Waals surface area contributed by atoms with Crippen molar-refractivity contribution in [2.45, 2.75) is 26.7 Å². The molecule has 0 aromatic heterocycles. The van der Waals surface area contributed by atoms with Crippen molar-refractivity contribution in [2.24, 2.45) is 16.8 Å². The van der Waals surface area contributed by atoms with Crippen molar-refractivity contribution in [3.05, 3.63) is 29.3 Å². The molecule has 0 amide bonds. The van der Waals surface area contributed by atoms with Gasteiger partial charge in [0.1, 0.15) is 0 Å². The molecule has 1 aliphatic rings. The van der Waals surface area contributed by atoms with Gasteiger partial charge < -0.3 is 15.8 Å². The fraction of sp³-hybridized carbons (Fsp3) is 0.500. The van der Waals surface area contributed by atoms with Gasteiger partial charge in [0.05, 0.1) is 0 Å². The Morgan fingerprint density at radius 2 is 2.28 bits per heavy atom. The van der Waals surface area contributed by atoms with E-state index >= 15 is 0 Å². The van der Waals surface area contributed by atoms with Gasteiger partial charge in [-0.25, -0.2) is 0 Å². The zero-order valence-corrected chi connectivity index (χ0v) is 11.1. The van der Waals surface area contributed by atoms with Gasteiger partial charge in [-0.3, -0.25) is 0 Å². The number of piperidine rings is 1. The summed E-state index contributed by atoms with van der Waals surface area (Å²) in [7, 11) is 0. The zero-order valence-electron chi connectivity index (χ0n) is 11.1. The third kappa shape index (κ3) is 2.58. The minimum atomic E-state index is 0.184. The summed E-state index contributed by atoms with van der Waals surface area (Å²) in [6.07, 6.45) is 2.48. The summed E-state index contributed by atoms with van der Waals surface area (Å²) >= 11 is 0. The molecule has 98 valence electrons. The highest BCUT2D eigenvalue weighted by Crippen LogP contribution is 2.27. The number of nitrogens with two attached hydrogens (primary N) is 1. The predicted octanol–water partition coefficient (Wildman–Crippen LogP) is 2.33. The average molecular weight is 247 g/mol. The summed E-state index contributed by atoms with van der Waals surface area (Å²) in [5, 5.41) is 12.0. The first kappa shape index (κ1) is 12.7. The molecule has 0 spiro atoms. The van der Waals surface area contributed by atoms with E-state index in [1.54, 1.807) is 0 Å². The highest BCUT2D eigenvalue weighted by molar-refractivity contribution is 6.02. The summed E-state index contributed by atoms with van der Waals surface area (Å²) in [4.78, 5) is 2.34. The van der Waals surface area contributed by atoms with Gasteiger partial charge in [-0.1, -0.05) is 18.1 Å². The van der Waals surface area contributed by atoms with E-state index in [1.807, 2.05) is 12.1 Å². The zero-order chi connectivity index (χ0) is 13.1. The van der Waals surface area contributed by atoms with Crippen molar-refractivity contribution in [3.63, 3.8) is 0 Å². The van der Waals surface area contributed by atoms with Gasteiger partial charge in [-0.15, -0.1) is 0 Å². The lowest BCUT2D eigenvalue weighted by Crippen LogP contribution is -2.35.